The summed E-state index contributed by atoms with van der Waals surface area (Å²) in [5.74, 6) is -0.488. The van der Waals surface area contributed by atoms with Crippen LogP contribution >= 0.6 is 11.3 Å². The molecule has 0 aromatic carbocycles. The number of hydrogen-bond acceptors (Lipinski definition) is 6. The third-order valence-electron chi connectivity index (χ3n) is 4.35. The van der Waals surface area contributed by atoms with Gasteiger partial charge in [0.1, 0.15) is 5.69 Å². The Morgan fingerprint density at radius 3 is 2.74 bits per heavy atom. The van der Waals surface area contributed by atoms with Gasteiger partial charge in [-0.2, -0.15) is 18.3 Å². The van der Waals surface area contributed by atoms with Crippen molar-refractivity contribution in [2.75, 3.05) is 18.1 Å². The van der Waals surface area contributed by atoms with E-state index in [-0.39, 0.29) is 36.2 Å². The van der Waals surface area contributed by atoms with Gasteiger partial charge in [-0.25, -0.2) is 8.42 Å². The molecule has 148 valence electrons. The maximum atomic E-state index is 12.7. The summed E-state index contributed by atoms with van der Waals surface area (Å²) in [6.07, 6.45) is -2.05. The molecule has 0 aliphatic carbocycles. The van der Waals surface area contributed by atoms with E-state index in [0.717, 1.165) is 4.88 Å². The molecule has 1 aliphatic heterocycles. The zero-order chi connectivity index (χ0) is 19.7. The first-order chi connectivity index (χ1) is 12.6. The Balaban J connectivity index is 1.72. The lowest BCUT2D eigenvalue weighted by Gasteiger charge is -2.22. The number of carbonyl (C=O) groups excluding carboxylic acids is 1. The molecule has 7 nitrogen and oxygen atoms in total. The number of nitrogens with one attached hydrogen (secondary N) is 1. The van der Waals surface area contributed by atoms with Crippen molar-refractivity contribution in [1.29, 1.82) is 0 Å². The molecule has 1 unspecified atom stereocenters. The fourth-order valence-electron chi connectivity index (χ4n) is 2.94. The van der Waals surface area contributed by atoms with E-state index in [9.17, 15) is 26.4 Å². The van der Waals surface area contributed by atoms with Gasteiger partial charge in [0.15, 0.2) is 15.5 Å². The van der Waals surface area contributed by atoms with Crippen LogP contribution in [0.5, 0.6) is 0 Å². The zero-order valence-corrected chi connectivity index (χ0v) is 15.7. The first kappa shape index (κ1) is 19.8. The summed E-state index contributed by atoms with van der Waals surface area (Å²) in [6.45, 7) is 0.405. The van der Waals surface area contributed by atoms with Gasteiger partial charge in [-0.15, -0.1) is 11.3 Å². The number of alkyl halides is 3. The van der Waals surface area contributed by atoms with Gasteiger partial charge in [0.2, 0.25) is 0 Å². The molecule has 0 spiro atoms. The molecule has 1 N–H and O–H groups in total. The number of rotatable bonds is 6. The fourth-order valence-corrected chi connectivity index (χ4v) is 5.46. The summed E-state index contributed by atoms with van der Waals surface area (Å²) in [4.78, 5) is 18.8. The lowest BCUT2D eigenvalue weighted by molar-refractivity contribution is -0.141. The predicted octanol–water partition coefficient (Wildman–Crippen LogP) is 2.35. The van der Waals surface area contributed by atoms with Crippen LogP contribution in [0.25, 0.3) is 0 Å². The highest BCUT2D eigenvalue weighted by Crippen LogP contribution is 2.28. The zero-order valence-electron chi connectivity index (χ0n) is 14.1. The smallest absolute Gasteiger partial charge is 0.332 e. The lowest BCUT2D eigenvalue weighted by Crippen LogP contribution is -2.32. The van der Waals surface area contributed by atoms with Crippen LogP contribution < -0.4 is 0 Å². The number of carbonyl (C=O) groups is 1. The largest absolute Gasteiger partial charge is 0.432 e. The molecule has 3 rings (SSSR count). The van der Waals surface area contributed by atoms with Crippen molar-refractivity contribution >= 4 is 27.1 Å². The summed E-state index contributed by atoms with van der Waals surface area (Å²) < 4.78 is 61.4. The Morgan fingerprint density at radius 1 is 1.41 bits per heavy atom. The van der Waals surface area contributed by atoms with Crippen molar-refractivity contribution in [2.45, 2.75) is 25.6 Å². The topological polar surface area (TPSA) is 96.0 Å². The van der Waals surface area contributed by atoms with Gasteiger partial charge in [-0.1, -0.05) is 0 Å². The molecule has 1 fully saturated rings. The number of sulfone groups is 1. The highest BCUT2D eigenvalue weighted by molar-refractivity contribution is 7.91. The standard InChI is InChI=1S/C15H17F3N4O3S2/c16-15(17,18)13-5-12(20-21-13)14(23)22(7-11-6-19-9-26-11)3-1-10-2-4-27(24,25)8-10/h5-6,9-10H,1-4,7-8H2,(H,20,21). The Kier molecular flexibility index (Phi) is 5.56. The minimum Gasteiger partial charge on any atom is -0.332 e. The van der Waals surface area contributed by atoms with Gasteiger partial charge in [0.05, 0.1) is 23.6 Å². The monoisotopic (exact) mass is 422 g/mol. The summed E-state index contributed by atoms with van der Waals surface area (Å²) in [5, 5.41) is 5.33. The third-order valence-corrected chi connectivity index (χ3v) is 6.96. The molecule has 1 saturated heterocycles. The summed E-state index contributed by atoms with van der Waals surface area (Å²) in [7, 11) is -3.03. The Morgan fingerprint density at radius 2 is 2.19 bits per heavy atom. The second-order valence-corrected chi connectivity index (χ2v) is 9.62. The first-order valence-corrected chi connectivity index (χ1v) is 10.8. The molecule has 3 heterocycles. The van der Waals surface area contributed by atoms with Crippen LogP contribution in [0.2, 0.25) is 0 Å². The molecule has 0 bridgehead atoms. The van der Waals surface area contributed by atoms with Crippen LogP contribution in [-0.2, 0) is 22.6 Å². The number of amides is 1. The molecule has 1 amide bonds. The molecule has 1 aliphatic rings. The van der Waals surface area contributed by atoms with Gasteiger partial charge in [0, 0.05) is 23.7 Å². The second kappa shape index (κ2) is 7.58. The summed E-state index contributed by atoms with van der Waals surface area (Å²) in [6, 6.07) is 0.683. The van der Waals surface area contributed by atoms with Crippen molar-refractivity contribution in [3.63, 3.8) is 0 Å². The van der Waals surface area contributed by atoms with Gasteiger partial charge in [0.25, 0.3) is 5.91 Å². The number of nitrogens with zero attached hydrogens (tertiary/aromatic N) is 3. The van der Waals surface area contributed by atoms with E-state index in [1.807, 2.05) is 5.10 Å². The van der Waals surface area contributed by atoms with Gasteiger partial charge >= 0.3 is 6.18 Å². The minimum atomic E-state index is -4.62. The second-order valence-electron chi connectivity index (χ2n) is 6.42. The van der Waals surface area contributed by atoms with Crippen LogP contribution in [0.3, 0.4) is 0 Å². The van der Waals surface area contributed by atoms with Gasteiger partial charge in [-0.05, 0) is 18.8 Å². The van der Waals surface area contributed by atoms with E-state index in [2.05, 4.69) is 10.1 Å². The number of H-pyrrole nitrogens is 1. The molecule has 0 saturated carbocycles. The van der Waals surface area contributed by atoms with E-state index in [0.29, 0.717) is 18.9 Å². The molecule has 2 aromatic heterocycles. The average molecular weight is 422 g/mol. The average Bonchev–Trinajstić information content (AvgIpc) is 3.31. The fraction of sp³-hybridized carbons (Fsp3) is 0.533. The van der Waals surface area contributed by atoms with E-state index in [1.54, 1.807) is 11.7 Å². The maximum Gasteiger partial charge on any atom is 0.432 e. The van der Waals surface area contributed by atoms with E-state index in [1.165, 1.54) is 16.2 Å². The normalized spacial score (nSPS) is 19.3. The van der Waals surface area contributed by atoms with Crippen molar-refractivity contribution in [3.05, 3.63) is 34.0 Å². The number of aromatic amines is 1. The third kappa shape index (κ3) is 5.06. The van der Waals surface area contributed by atoms with Gasteiger partial charge in [-0.3, -0.25) is 14.9 Å². The Labute approximate surface area is 157 Å². The van der Waals surface area contributed by atoms with Crippen LogP contribution in [0.15, 0.2) is 17.8 Å². The van der Waals surface area contributed by atoms with Gasteiger partial charge < -0.3 is 4.90 Å². The molecule has 12 heteroatoms. The van der Waals surface area contributed by atoms with E-state index < -0.39 is 27.6 Å². The molecule has 0 radical (unpaired) electrons. The number of halogens is 3. The predicted molar refractivity (Wildman–Crippen MR) is 91.8 cm³/mol. The Bertz CT molecular complexity index is 894. The summed E-state index contributed by atoms with van der Waals surface area (Å²) >= 11 is 1.32. The number of hydrogen-bond donors (Lipinski definition) is 1. The molecule has 1 atom stereocenters. The van der Waals surface area contributed by atoms with Crippen LogP contribution in [-0.4, -0.2) is 52.5 Å². The maximum absolute atomic E-state index is 12.7. The number of thiazole rings is 1. The minimum absolute atomic E-state index is 0.0586. The van der Waals surface area contributed by atoms with E-state index in [4.69, 9.17) is 0 Å². The van der Waals surface area contributed by atoms with Crippen molar-refractivity contribution < 1.29 is 26.4 Å². The van der Waals surface area contributed by atoms with Crippen LogP contribution in [0, 0.1) is 5.92 Å². The summed E-state index contributed by atoms with van der Waals surface area (Å²) in [5.41, 5.74) is 0.175. The lowest BCUT2D eigenvalue weighted by atomic mass is 10.0. The number of aromatic nitrogens is 3. The van der Waals surface area contributed by atoms with Crippen molar-refractivity contribution in [2.24, 2.45) is 5.92 Å². The van der Waals surface area contributed by atoms with Crippen molar-refractivity contribution in [1.82, 2.24) is 20.1 Å². The molecule has 27 heavy (non-hydrogen) atoms. The highest BCUT2D eigenvalue weighted by Gasteiger charge is 2.35. The van der Waals surface area contributed by atoms with Crippen LogP contribution in [0.1, 0.15) is 33.9 Å². The quantitative estimate of drug-likeness (QED) is 0.771. The van der Waals surface area contributed by atoms with Crippen molar-refractivity contribution in [3.8, 4) is 0 Å². The highest BCUT2D eigenvalue weighted by atomic mass is 32.2. The van der Waals surface area contributed by atoms with E-state index >= 15 is 0 Å². The molecular weight excluding hydrogens is 405 g/mol. The van der Waals surface area contributed by atoms with Crippen LogP contribution in [0.4, 0.5) is 13.2 Å². The molecular formula is C15H17F3N4O3S2. The SMILES string of the molecule is O=C(c1cc(C(F)(F)F)[nH]n1)N(CCC1CCS(=O)(=O)C1)Cc1cncs1. The Hall–Kier alpha value is -1.95. The molecule has 2 aromatic rings. The first-order valence-electron chi connectivity index (χ1n) is 8.14.